The maximum Gasteiger partial charge on any atom is 0.258 e. The summed E-state index contributed by atoms with van der Waals surface area (Å²) < 4.78 is 43.5. The molecule has 0 aromatic heterocycles. The summed E-state index contributed by atoms with van der Waals surface area (Å²) in [7, 11) is -3.72. The summed E-state index contributed by atoms with van der Waals surface area (Å²) in [5, 5.41) is 2.82. The molecule has 0 bridgehead atoms. The van der Waals surface area contributed by atoms with E-state index in [1.165, 1.54) is 22.5 Å². The van der Waals surface area contributed by atoms with E-state index in [0.29, 0.717) is 37.8 Å². The summed E-state index contributed by atoms with van der Waals surface area (Å²) in [6.45, 7) is 3.27. The second kappa shape index (κ2) is 9.90. The van der Waals surface area contributed by atoms with Crippen LogP contribution in [0.2, 0.25) is 0 Å². The number of carbonyl (C=O) groups is 2. The van der Waals surface area contributed by atoms with Crippen molar-refractivity contribution in [2.75, 3.05) is 32.9 Å². The van der Waals surface area contributed by atoms with Crippen LogP contribution in [0.4, 0.5) is 0 Å². The summed E-state index contributed by atoms with van der Waals surface area (Å²) in [6, 6.07) is 9.00. The molecular formula is C23H27N3O7S. The van der Waals surface area contributed by atoms with E-state index in [0.717, 1.165) is 18.4 Å². The molecule has 182 valence electrons. The minimum Gasteiger partial charge on any atom is -0.486 e. The minimum atomic E-state index is -3.72. The molecule has 0 aliphatic carbocycles. The first-order chi connectivity index (χ1) is 16.3. The van der Waals surface area contributed by atoms with Crippen molar-refractivity contribution in [1.29, 1.82) is 0 Å². The number of nitrogens with zero attached hydrogens (tertiary/aromatic N) is 1. The van der Waals surface area contributed by atoms with Crippen LogP contribution in [-0.4, -0.2) is 57.4 Å². The molecule has 2 aliphatic heterocycles. The largest absolute Gasteiger partial charge is 0.486 e. The van der Waals surface area contributed by atoms with Gasteiger partial charge in [-0.15, -0.1) is 0 Å². The third-order valence-electron chi connectivity index (χ3n) is 5.72. The Morgan fingerprint density at radius 2 is 1.79 bits per heavy atom. The van der Waals surface area contributed by atoms with Crippen molar-refractivity contribution >= 4 is 21.8 Å². The lowest BCUT2D eigenvalue weighted by Crippen LogP contribution is -2.32. The van der Waals surface area contributed by atoms with E-state index >= 15 is 0 Å². The molecule has 11 heteroatoms. The first kappa shape index (κ1) is 23.8. The SMILES string of the molecule is C[C@H](NC(=O)COc1ccc(S(=O)(=O)N2CCCC2)cc1C(N)=O)c1ccc2c(c1)OCCO2. The fourth-order valence-corrected chi connectivity index (χ4v) is 5.45. The number of sulfonamides is 1. The van der Waals surface area contributed by atoms with Crippen molar-refractivity contribution in [3.63, 3.8) is 0 Å². The van der Waals surface area contributed by atoms with E-state index in [1.54, 1.807) is 6.07 Å². The highest BCUT2D eigenvalue weighted by Crippen LogP contribution is 2.32. The fourth-order valence-electron chi connectivity index (χ4n) is 3.90. The molecule has 10 nitrogen and oxygen atoms in total. The second-order valence-electron chi connectivity index (χ2n) is 8.11. The van der Waals surface area contributed by atoms with Gasteiger partial charge in [-0.3, -0.25) is 9.59 Å². The number of hydrogen-bond acceptors (Lipinski definition) is 7. The minimum absolute atomic E-state index is 0.0350. The van der Waals surface area contributed by atoms with E-state index in [1.807, 2.05) is 19.1 Å². The average molecular weight is 490 g/mol. The third kappa shape index (κ3) is 5.10. The van der Waals surface area contributed by atoms with Crippen LogP contribution in [0.15, 0.2) is 41.3 Å². The highest BCUT2D eigenvalue weighted by Gasteiger charge is 2.28. The molecule has 4 rings (SSSR count). The van der Waals surface area contributed by atoms with E-state index in [-0.39, 0.29) is 28.9 Å². The lowest BCUT2D eigenvalue weighted by molar-refractivity contribution is -0.123. The average Bonchev–Trinajstić information content (AvgIpc) is 3.38. The summed E-state index contributed by atoms with van der Waals surface area (Å²) in [6.07, 6.45) is 1.59. The van der Waals surface area contributed by atoms with Crippen LogP contribution in [0.25, 0.3) is 0 Å². The molecule has 2 heterocycles. The topological polar surface area (TPSA) is 137 Å². The number of nitrogens with one attached hydrogen (secondary N) is 1. The zero-order chi connectivity index (χ0) is 24.3. The van der Waals surface area contributed by atoms with Gasteiger partial charge in [-0.1, -0.05) is 6.07 Å². The second-order valence-corrected chi connectivity index (χ2v) is 10.1. The maximum absolute atomic E-state index is 12.8. The summed E-state index contributed by atoms with van der Waals surface area (Å²) in [5.74, 6) is 0.0438. The van der Waals surface area contributed by atoms with Gasteiger partial charge in [0.1, 0.15) is 19.0 Å². The van der Waals surface area contributed by atoms with Crippen molar-refractivity contribution in [2.24, 2.45) is 5.73 Å². The Balaban J connectivity index is 1.41. The zero-order valence-electron chi connectivity index (χ0n) is 18.8. The highest BCUT2D eigenvalue weighted by atomic mass is 32.2. The Morgan fingerprint density at radius 3 is 2.50 bits per heavy atom. The zero-order valence-corrected chi connectivity index (χ0v) is 19.6. The molecule has 3 N–H and O–H groups in total. The van der Waals surface area contributed by atoms with Crippen LogP contribution >= 0.6 is 0 Å². The molecule has 2 aromatic carbocycles. The Kier molecular flexibility index (Phi) is 6.94. The van der Waals surface area contributed by atoms with Gasteiger partial charge in [0.05, 0.1) is 16.5 Å². The molecule has 2 aromatic rings. The lowest BCUT2D eigenvalue weighted by Gasteiger charge is -2.21. The van der Waals surface area contributed by atoms with Gasteiger partial charge in [0.2, 0.25) is 10.0 Å². The Hall–Kier alpha value is -3.31. The van der Waals surface area contributed by atoms with E-state index in [9.17, 15) is 18.0 Å². The molecule has 0 spiro atoms. The summed E-state index contributed by atoms with van der Waals surface area (Å²) in [5.41, 5.74) is 6.17. The van der Waals surface area contributed by atoms with Gasteiger partial charge in [0.25, 0.3) is 11.8 Å². The third-order valence-corrected chi connectivity index (χ3v) is 7.62. The van der Waals surface area contributed by atoms with Gasteiger partial charge in [0, 0.05) is 13.1 Å². The predicted octanol–water partition coefficient (Wildman–Crippen LogP) is 1.60. The maximum atomic E-state index is 12.8. The normalized spacial score (nSPS) is 16.6. The molecular weight excluding hydrogens is 462 g/mol. The Labute approximate surface area is 198 Å². The number of hydrogen-bond donors (Lipinski definition) is 2. The Morgan fingerprint density at radius 1 is 1.09 bits per heavy atom. The monoisotopic (exact) mass is 489 g/mol. The number of fused-ring (bicyclic) bond motifs is 1. The quantitative estimate of drug-likeness (QED) is 0.574. The van der Waals surface area contributed by atoms with Crippen molar-refractivity contribution in [1.82, 2.24) is 9.62 Å². The molecule has 2 amide bonds. The molecule has 2 aliphatic rings. The Bertz CT molecular complexity index is 1190. The van der Waals surface area contributed by atoms with Crippen molar-refractivity contribution < 1.29 is 32.2 Å². The molecule has 34 heavy (non-hydrogen) atoms. The number of amides is 2. The van der Waals surface area contributed by atoms with Gasteiger partial charge in [-0.2, -0.15) is 4.31 Å². The number of ether oxygens (including phenoxy) is 3. The van der Waals surface area contributed by atoms with Crippen LogP contribution in [0.3, 0.4) is 0 Å². The van der Waals surface area contributed by atoms with Gasteiger partial charge < -0.3 is 25.3 Å². The molecule has 0 unspecified atom stereocenters. The summed E-state index contributed by atoms with van der Waals surface area (Å²) in [4.78, 5) is 24.4. The van der Waals surface area contributed by atoms with Gasteiger partial charge in [-0.05, 0) is 55.7 Å². The lowest BCUT2D eigenvalue weighted by atomic mass is 10.1. The first-order valence-corrected chi connectivity index (χ1v) is 12.5. The highest BCUT2D eigenvalue weighted by molar-refractivity contribution is 7.89. The van der Waals surface area contributed by atoms with E-state index < -0.39 is 21.8 Å². The number of carbonyl (C=O) groups excluding carboxylic acids is 2. The smallest absolute Gasteiger partial charge is 0.258 e. The molecule has 1 fully saturated rings. The van der Waals surface area contributed by atoms with Gasteiger partial charge in [-0.25, -0.2) is 8.42 Å². The molecule has 1 atom stereocenters. The fraction of sp³-hybridized carbons (Fsp3) is 0.391. The molecule has 1 saturated heterocycles. The van der Waals surface area contributed by atoms with Crippen molar-refractivity contribution in [3.05, 3.63) is 47.5 Å². The number of rotatable bonds is 8. The first-order valence-electron chi connectivity index (χ1n) is 11.0. The number of benzene rings is 2. The van der Waals surface area contributed by atoms with Crippen LogP contribution in [-0.2, 0) is 14.8 Å². The standard InChI is InChI=1S/C23H27N3O7S/c1-15(16-4-6-20-21(12-16)32-11-10-31-20)25-22(27)14-33-19-7-5-17(13-18(19)23(24)28)34(29,30)26-8-2-3-9-26/h4-7,12-13,15H,2-3,8-11,14H2,1H3,(H2,24,28)(H,25,27)/t15-/m0/s1. The van der Waals surface area contributed by atoms with Crippen molar-refractivity contribution in [3.8, 4) is 17.2 Å². The van der Waals surface area contributed by atoms with Gasteiger partial charge >= 0.3 is 0 Å². The molecule has 0 saturated carbocycles. The number of nitrogens with two attached hydrogens (primary N) is 1. The van der Waals surface area contributed by atoms with Crippen LogP contribution in [0.1, 0.15) is 41.7 Å². The van der Waals surface area contributed by atoms with Crippen LogP contribution in [0.5, 0.6) is 17.2 Å². The number of primary amides is 1. The summed E-state index contributed by atoms with van der Waals surface area (Å²) >= 11 is 0. The van der Waals surface area contributed by atoms with Crippen LogP contribution in [0, 0.1) is 0 Å². The van der Waals surface area contributed by atoms with Gasteiger partial charge in [0.15, 0.2) is 18.1 Å². The molecule has 0 radical (unpaired) electrons. The van der Waals surface area contributed by atoms with E-state index in [4.69, 9.17) is 19.9 Å². The van der Waals surface area contributed by atoms with Crippen LogP contribution < -0.4 is 25.3 Å². The predicted molar refractivity (Wildman–Crippen MR) is 122 cm³/mol. The van der Waals surface area contributed by atoms with E-state index in [2.05, 4.69) is 5.32 Å². The van der Waals surface area contributed by atoms with Crippen molar-refractivity contribution in [2.45, 2.75) is 30.7 Å².